The zero-order valence-corrected chi connectivity index (χ0v) is 22.9. The summed E-state index contributed by atoms with van der Waals surface area (Å²) in [5.41, 5.74) is 4.21. The van der Waals surface area contributed by atoms with Crippen molar-refractivity contribution in [2.75, 3.05) is 43.4 Å². The molecule has 1 aromatic carbocycles. The minimum absolute atomic E-state index is 0.0688. The van der Waals surface area contributed by atoms with Crippen LogP contribution >= 0.6 is 0 Å². The summed E-state index contributed by atoms with van der Waals surface area (Å²) in [4.78, 5) is 47.1. The van der Waals surface area contributed by atoms with E-state index in [2.05, 4.69) is 53.2 Å². The second-order valence-electron chi connectivity index (χ2n) is 11.4. The number of aromatic nitrogens is 1. The van der Waals surface area contributed by atoms with Gasteiger partial charge in [-0.1, -0.05) is 33.6 Å². The number of rotatable bonds is 8. The lowest BCUT2D eigenvalue weighted by molar-refractivity contribution is -0.118. The van der Waals surface area contributed by atoms with Crippen molar-refractivity contribution in [3.63, 3.8) is 0 Å². The van der Waals surface area contributed by atoms with Gasteiger partial charge in [0.2, 0.25) is 5.91 Å². The monoisotopic (exact) mass is 507 g/mol. The Morgan fingerprint density at radius 1 is 1.08 bits per heavy atom. The molecule has 8 nitrogen and oxygen atoms in total. The summed E-state index contributed by atoms with van der Waals surface area (Å²) in [5, 5.41) is 5.92. The van der Waals surface area contributed by atoms with Gasteiger partial charge in [-0.05, 0) is 62.1 Å². The minimum Gasteiger partial charge on any atom is -0.369 e. The molecule has 4 rings (SSSR count). The molecule has 2 heterocycles. The molecular weight excluding hydrogens is 466 g/mol. The lowest BCUT2D eigenvalue weighted by Crippen LogP contribution is -2.44. The van der Waals surface area contributed by atoms with E-state index in [0.29, 0.717) is 41.8 Å². The highest BCUT2D eigenvalue weighted by atomic mass is 16.2. The summed E-state index contributed by atoms with van der Waals surface area (Å²) in [7, 11) is 2.13. The van der Waals surface area contributed by atoms with E-state index in [1.807, 2.05) is 31.2 Å². The van der Waals surface area contributed by atoms with Crippen molar-refractivity contribution < 1.29 is 14.4 Å². The second kappa shape index (κ2) is 11.1. The highest BCUT2D eigenvalue weighted by Gasteiger charge is 2.35. The molecule has 1 fully saturated rings. The Kier molecular flexibility index (Phi) is 8.07. The first-order chi connectivity index (χ1) is 17.6. The summed E-state index contributed by atoms with van der Waals surface area (Å²) in [5.74, 6) is -0.515. The normalized spacial score (nSPS) is 18.3. The second-order valence-corrected chi connectivity index (χ2v) is 11.4. The number of piperazine rings is 1. The van der Waals surface area contributed by atoms with Gasteiger partial charge < -0.3 is 25.4 Å². The van der Waals surface area contributed by atoms with Gasteiger partial charge in [-0.15, -0.1) is 0 Å². The molecular formula is C29H41N5O3. The zero-order chi connectivity index (χ0) is 26.7. The number of Topliss-reactive ketones (excluding diaryl/α,β-unsaturated/α-hetero) is 1. The molecule has 1 aliphatic heterocycles. The molecule has 0 saturated carbocycles. The van der Waals surface area contributed by atoms with Crippen LogP contribution in [-0.2, 0) is 11.2 Å². The number of anilines is 2. The number of hydrogen-bond donors (Lipinski definition) is 3. The number of nitrogens with one attached hydrogen (secondary N) is 3. The van der Waals surface area contributed by atoms with Crippen molar-refractivity contribution in [3.8, 4) is 0 Å². The van der Waals surface area contributed by atoms with Gasteiger partial charge in [-0.3, -0.25) is 14.4 Å². The van der Waals surface area contributed by atoms with Crippen LogP contribution in [0.15, 0.2) is 24.3 Å². The van der Waals surface area contributed by atoms with Gasteiger partial charge in [-0.2, -0.15) is 0 Å². The quantitative estimate of drug-likeness (QED) is 0.499. The molecule has 8 heteroatoms. The molecule has 0 bridgehead atoms. The SMILES string of the molecule is CCCCC(NC(=O)c1[nH]c2c(c1C)C(=O)CC(C)(C)C2)C(=O)Nc1ccc(N2CCN(C)CC2)cc1. The molecule has 2 aromatic rings. The average Bonchev–Trinajstić information content (AvgIpc) is 3.17. The largest absolute Gasteiger partial charge is 0.369 e. The number of fused-ring (bicyclic) bond motifs is 1. The summed E-state index contributed by atoms with van der Waals surface area (Å²) < 4.78 is 0. The Morgan fingerprint density at radius 2 is 1.76 bits per heavy atom. The topological polar surface area (TPSA) is 97.5 Å². The predicted octanol–water partition coefficient (Wildman–Crippen LogP) is 4.16. The molecule has 0 radical (unpaired) electrons. The van der Waals surface area contributed by atoms with Gasteiger partial charge in [0.15, 0.2) is 5.78 Å². The van der Waals surface area contributed by atoms with Crippen molar-refractivity contribution in [2.24, 2.45) is 5.41 Å². The van der Waals surface area contributed by atoms with E-state index in [4.69, 9.17) is 0 Å². The molecule has 37 heavy (non-hydrogen) atoms. The van der Waals surface area contributed by atoms with Crippen LogP contribution in [0.2, 0.25) is 0 Å². The van der Waals surface area contributed by atoms with E-state index in [1.165, 1.54) is 0 Å². The fourth-order valence-corrected chi connectivity index (χ4v) is 5.42. The molecule has 200 valence electrons. The number of nitrogens with zero attached hydrogens (tertiary/aromatic N) is 2. The van der Waals surface area contributed by atoms with Crippen molar-refractivity contribution in [2.45, 2.75) is 65.8 Å². The predicted molar refractivity (Wildman–Crippen MR) is 148 cm³/mol. The zero-order valence-electron chi connectivity index (χ0n) is 22.9. The average molecular weight is 508 g/mol. The number of aromatic amines is 1. The lowest BCUT2D eigenvalue weighted by Gasteiger charge is -2.34. The van der Waals surface area contributed by atoms with Crippen LogP contribution in [0.1, 0.15) is 78.6 Å². The van der Waals surface area contributed by atoms with Gasteiger partial charge in [0.1, 0.15) is 11.7 Å². The summed E-state index contributed by atoms with van der Waals surface area (Å²) in [6.45, 7) is 12.0. The smallest absolute Gasteiger partial charge is 0.268 e. The first-order valence-corrected chi connectivity index (χ1v) is 13.5. The molecule has 2 amide bonds. The highest BCUT2D eigenvalue weighted by Crippen LogP contribution is 2.36. The number of ketones is 1. The molecule has 0 spiro atoms. The Balaban J connectivity index is 1.44. The van der Waals surface area contributed by atoms with E-state index in [9.17, 15) is 14.4 Å². The number of hydrogen-bond acceptors (Lipinski definition) is 5. The number of unbranched alkanes of at least 4 members (excludes halogenated alkanes) is 1. The molecule has 2 aliphatic rings. The summed E-state index contributed by atoms with van der Waals surface area (Å²) in [6, 6.07) is 7.23. The van der Waals surface area contributed by atoms with Gasteiger partial charge in [0, 0.05) is 55.2 Å². The van der Waals surface area contributed by atoms with Crippen molar-refractivity contribution in [1.82, 2.24) is 15.2 Å². The van der Waals surface area contributed by atoms with E-state index >= 15 is 0 Å². The number of carbonyl (C=O) groups excluding carboxylic acids is 3. The third-order valence-electron chi connectivity index (χ3n) is 7.60. The first-order valence-electron chi connectivity index (χ1n) is 13.5. The Hall–Kier alpha value is -3.13. The first kappa shape index (κ1) is 26.9. The van der Waals surface area contributed by atoms with E-state index in [0.717, 1.165) is 50.4 Å². The Bertz CT molecular complexity index is 1140. The van der Waals surface area contributed by atoms with E-state index < -0.39 is 6.04 Å². The van der Waals surface area contributed by atoms with Crippen LogP contribution in [0.3, 0.4) is 0 Å². The van der Waals surface area contributed by atoms with Crippen LogP contribution in [0, 0.1) is 12.3 Å². The minimum atomic E-state index is -0.670. The maximum Gasteiger partial charge on any atom is 0.268 e. The van der Waals surface area contributed by atoms with Crippen LogP contribution < -0.4 is 15.5 Å². The lowest BCUT2D eigenvalue weighted by atomic mass is 9.75. The van der Waals surface area contributed by atoms with Crippen LogP contribution in [-0.4, -0.2) is 66.8 Å². The third kappa shape index (κ3) is 6.24. The van der Waals surface area contributed by atoms with Gasteiger partial charge in [0.05, 0.1) is 0 Å². The molecule has 1 aliphatic carbocycles. The van der Waals surface area contributed by atoms with Gasteiger partial charge in [-0.25, -0.2) is 0 Å². The molecule has 1 aromatic heterocycles. The Morgan fingerprint density at radius 3 is 2.41 bits per heavy atom. The molecule has 1 unspecified atom stereocenters. The highest BCUT2D eigenvalue weighted by molar-refractivity contribution is 6.06. The fraction of sp³-hybridized carbons (Fsp3) is 0.552. The van der Waals surface area contributed by atoms with Crippen molar-refractivity contribution >= 4 is 29.0 Å². The van der Waals surface area contributed by atoms with Crippen molar-refractivity contribution in [1.29, 1.82) is 0 Å². The maximum atomic E-state index is 13.3. The number of amides is 2. The van der Waals surface area contributed by atoms with Crippen LogP contribution in [0.4, 0.5) is 11.4 Å². The Labute approximate surface area is 220 Å². The van der Waals surface area contributed by atoms with Crippen molar-refractivity contribution in [3.05, 3.63) is 46.8 Å². The molecule has 1 atom stereocenters. The number of likely N-dealkylation sites (N-methyl/N-ethyl adjacent to an activating group) is 1. The summed E-state index contributed by atoms with van der Waals surface area (Å²) >= 11 is 0. The maximum absolute atomic E-state index is 13.3. The van der Waals surface area contributed by atoms with Gasteiger partial charge in [0.25, 0.3) is 5.91 Å². The number of carbonyl (C=O) groups is 3. The van der Waals surface area contributed by atoms with Gasteiger partial charge >= 0.3 is 0 Å². The third-order valence-corrected chi connectivity index (χ3v) is 7.60. The van der Waals surface area contributed by atoms with E-state index in [-0.39, 0.29) is 23.0 Å². The molecule has 1 saturated heterocycles. The molecule has 3 N–H and O–H groups in total. The van der Waals surface area contributed by atoms with E-state index in [1.54, 1.807) is 0 Å². The number of benzene rings is 1. The van der Waals surface area contributed by atoms with Crippen LogP contribution in [0.5, 0.6) is 0 Å². The summed E-state index contributed by atoms with van der Waals surface area (Å²) in [6.07, 6.45) is 3.45. The fourth-order valence-electron chi connectivity index (χ4n) is 5.42. The number of H-pyrrole nitrogens is 1. The van der Waals surface area contributed by atoms with Crippen LogP contribution in [0.25, 0.3) is 0 Å². The standard InChI is InChI=1S/C29H41N5O3/c1-6-7-8-22(27(36)30-20-9-11-21(12-10-20)34-15-13-33(5)14-16-34)32-28(37)26-19(2)25-23(31-26)17-29(3,4)18-24(25)35/h9-12,22,31H,6-8,13-18H2,1-5H3,(H,30,36)(H,32,37).